The minimum Gasteiger partial charge on any atom is -0.345 e. The summed E-state index contributed by atoms with van der Waals surface area (Å²) in [6.45, 7) is 17.3. The number of benzene rings is 2. The van der Waals surface area contributed by atoms with E-state index in [-0.39, 0.29) is 29.6 Å². The van der Waals surface area contributed by atoms with E-state index < -0.39 is 0 Å². The van der Waals surface area contributed by atoms with E-state index in [1.54, 1.807) is 16.4 Å². The molecule has 2 fully saturated rings. The van der Waals surface area contributed by atoms with Crippen LogP contribution in [0.15, 0.2) is 71.7 Å². The summed E-state index contributed by atoms with van der Waals surface area (Å²) in [5.74, 6) is 0.908. The van der Waals surface area contributed by atoms with Crippen molar-refractivity contribution in [2.45, 2.75) is 99.1 Å². The maximum atomic E-state index is 12.3. The van der Waals surface area contributed by atoms with Crippen molar-refractivity contribution in [2.24, 2.45) is 5.92 Å². The summed E-state index contributed by atoms with van der Waals surface area (Å²) in [6.07, 6.45) is 8.58. The molecule has 0 spiro atoms. The first-order valence-corrected chi connectivity index (χ1v) is 17.9. The standard InChI is InChI=1S/C17H23N3O2.C17H22N2O2.C3H8.C2H6/c1-3-10-19(13-21)11-9-14(2)20-12-16(18-17(20)22)15-7-5-4-6-8-15;1-13(20)19-10-9-17(21)18(11-14-7-8-14)12-16(19)15-5-3-2-4-6-15;1-3-2;1-2/h4-8,12-14H,3,9-11H2,1-2H3,(H,18,22);2-6,14,16H,7-12H2,1H3;3H2,1-2H3;1-2H3/t;16-;;/m.1../s1. The number of nitrogens with zero attached hydrogens (tertiary/aromatic N) is 4. The number of aromatic nitrogens is 2. The van der Waals surface area contributed by atoms with E-state index >= 15 is 0 Å². The summed E-state index contributed by atoms with van der Waals surface area (Å²) in [6, 6.07) is 19.9. The number of carbonyl (C=O) groups excluding carboxylic acids is 3. The van der Waals surface area contributed by atoms with Gasteiger partial charge in [0.25, 0.3) is 0 Å². The topological polar surface area (TPSA) is 98.7 Å². The predicted octanol–water partition coefficient (Wildman–Crippen LogP) is 7.32. The van der Waals surface area contributed by atoms with E-state index in [1.807, 2.05) is 104 Å². The molecule has 2 aromatic carbocycles. The molecule has 1 saturated heterocycles. The molecule has 1 aliphatic carbocycles. The molecule has 1 unspecified atom stereocenters. The van der Waals surface area contributed by atoms with Crippen LogP contribution in [0.1, 0.15) is 105 Å². The summed E-state index contributed by atoms with van der Waals surface area (Å²) < 4.78 is 1.71. The molecule has 0 bridgehead atoms. The summed E-state index contributed by atoms with van der Waals surface area (Å²) >= 11 is 0. The normalized spacial score (nSPS) is 16.1. The van der Waals surface area contributed by atoms with E-state index in [2.05, 4.69) is 18.8 Å². The fourth-order valence-corrected chi connectivity index (χ4v) is 5.56. The summed E-state index contributed by atoms with van der Waals surface area (Å²) in [5, 5.41) is 0. The first-order chi connectivity index (χ1) is 23.2. The van der Waals surface area contributed by atoms with Crippen LogP contribution in [-0.4, -0.2) is 75.2 Å². The van der Waals surface area contributed by atoms with Gasteiger partial charge in [-0.15, -0.1) is 0 Å². The van der Waals surface area contributed by atoms with E-state index in [4.69, 9.17) is 0 Å². The lowest BCUT2D eigenvalue weighted by Gasteiger charge is -2.31. The highest BCUT2D eigenvalue weighted by atomic mass is 16.2. The van der Waals surface area contributed by atoms with Crippen LogP contribution < -0.4 is 5.69 Å². The molecule has 9 nitrogen and oxygen atoms in total. The lowest BCUT2D eigenvalue weighted by atomic mass is 10.0. The van der Waals surface area contributed by atoms with Gasteiger partial charge in [0.1, 0.15) is 0 Å². The van der Waals surface area contributed by atoms with Crippen LogP contribution in [0.25, 0.3) is 11.3 Å². The Morgan fingerprint density at radius 3 is 2.12 bits per heavy atom. The molecule has 1 N–H and O–H groups in total. The van der Waals surface area contributed by atoms with Crippen LogP contribution in [0.5, 0.6) is 0 Å². The number of carbonyl (C=O) groups is 3. The number of hydrogen-bond donors (Lipinski definition) is 1. The summed E-state index contributed by atoms with van der Waals surface area (Å²) in [7, 11) is 0. The lowest BCUT2D eigenvalue weighted by Crippen LogP contribution is -2.38. The number of nitrogens with one attached hydrogen (secondary N) is 1. The van der Waals surface area contributed by atoms with Crippen molar-refractivity contribution in [2.75, 3.05) is 32.7 Å². The van der Waals surface area contributed by atoms with Gasteiger partial charge in [0, 0.05) is 58.3 Å². The Bertz CT molecular complexity index is 1400. The highest BCUT2D eigenvalue weighted by molar-refractivity contribution is 5.79. The third-order valence-corrected chi connectivity index (χ3v) is 8.25. The second-order valence-electron chi connectivity index (χ2n) is 12.4. The second-order valence-corrected chi connectivity index (χ2v) is 12.4. The monoisotopic (exact) mass is 661 g/mol. The van der Waals surface area contributed by atoms with E-state index in [0.29, 0.717) is 32.0 Å². The highest BCUT2D eigenvalue weighted by Gasteiger charge is 2.34. The number of rotatable bonds is 11. The molecule has 3 amide bonds. The highest BCUT2D eigenvalue weighted by Crippen LogP contribution is 2.32. The van der Waals surface area contributed by atoms with Crippen molar-refractivity contribution in [3.05, 3.63) is 82.9 Å². The molecule has 2 aliphatic rings. The third kappa shape index (κ3) is 12.8. The molecule has 2 heterocycles. The molecule has 1 saturated carbocycles. The van der Waals surface area contributed by atoms with Crippen LogP contribution in [0, 0.1) is 5.92 Å². The molecule has 2 atom stereocenters. The van der Waals surface area contributed by atoms with Gasteiger partial charge in [0.15, 0.2) is 0 Å². The second kappa shape index (κ2) is 21.7. The Morgan fingerprint density at radius 1 is 0.979 bits per heavy atom. The van der Waals surface area contributed by atoms with Crippen LogP contribution in [0.4, 0.5) is 0 Å². The lowest BCUT2D eigenvalue weighted by molar-refractivity contribution is -0.131. The summed E-state index contributed by atoms with van der Waals surface area (Å²) in [4.78, 5) is 55.8. The molecule has 9 heteroatoms. The number of imidazole rings is 1. The minimum absolute atomic E-state index is 0.0195. The van der Waals surface area contributed by atoms with Gasteiger partial charge in [0.05, 0.1) is 11.7 Å². The number of aromatic amines is 1. The molecule has 1 aromatic heterocycles. The Morgan fingerprint density at radius 2 is 1.58 bits per heavy atom. The van der Waals surface area contributed by atoms with Gasteiger partial charge in [-0.2, -0.15) is 0 Å². The third-order valence-electron chi connectivity index (χ3n) is 8.25. The van der Waals surface area contributed by atoms with Gasteiger partial charge >= 0.3 is 5.69 Å². The van der Waals surface area contributed by atoms with Crippen molar-refractivity contribution >= 4 is 18.2 Å². The van der Waals surface area contributed by atoms with Gasteiger partial charge in [-0.25, -0.2) is 4.79 Å². The van der Waals surface area contributed by atoms with Gasteiger partial charge in [0.2, 0.25) is 18.2 Å². The fraction of sp³-hybridized carbons (Fsp3) is 0.538. The molecular formula is C39H59N5O4. The zero-order chi connectivity index (χ0) is 35.5. The van der Waals surface area contributed by atoms with Gasteiger partial charge in [-0.3, -0.25) is 19.0 Å². The molecule has 48 heavy (non-hydrogen) atoms. The van der Waals surface area contributed by atoms with Crippen molar-refractivity contribution < 1.29 is 14.4 Å². The Kier molecular flexibility index (Phi) is 18.1. The Labute approximate surface area is 288 Å². The van der Waals surface area contributed by atoms with Crippen LogP contribution in [-0.2, 0) is 14.4 Å². The predicted molar refractivity (Wildman–Crippen MR) is 196 cm³/mol. The van der Waals surface area contributed by atoms with Crippen molar-refractivity contribution in [1.82, 2.24) is 24.3 Å². The molecular weight excluding hydrogens is 602 g/mol. The number of H-pyrrole nitrogens is 1. The smallest absolute Gasteiger partial charge is 0.326 e. The zero-order valence-electron chi connectivity index (χ0n) is 30.4. The van der Waals surface area contributed by atoms with Crippen LogP contribution >= 0.6 is 0 Å². The zero-order valence-corrected chi connectivity index (χ0v) is 30.4. The van der Waals surface area contributed by atoms with E-state index in [0.717, 1.165) is 49.2 Å². The maximum absolute atomic E-state index is 12.3. The molecule has 5 rings (SSSR count). The van der Waals surface area contributed by atoms with Crippen molar-refractivity contribution in [3.63, 3.8) is 0 Å². The fourth-order valence-electron chi connectivity index (χ4n) is 5.56. The van der Waals surface area contributed by atoms with Gasteiger partial charge in [-0.05, 0) is 49.7 Å². The Balaban J connectivity index is 0.000000294. The van der Waals surface area contributed by atoms with Gasteiger partial charge < -0.3 is 19.7 Å². The first kappa shape index (κ1) is 40.0. The van der Waals surface area contributed by atoms with Crippen LogP contribution in [0.3, 0.4) is 0 Å². The molecule has 3 aromatic rings. The summed E-state index contributed by atoms with van der Waals surface area (Å²) in [5.41, 5.74) is 2.81. The SMILES string of the molecule is CC.CC(=O)N1CCC(=O)N(CC2CC2)C[C@@H]1c1ccccc1.CCC.CCCN(C=O)CCC(C)n1cc(-c2ccccc2)[nH]c1=O. The van der Waals surface area contributed by atoms with Crippen molar-refractivity contribution in [3.8, 4) is 11.3 Å². The first-order valence-electron chi connectivity index (χ1n) is 17.9. The van der Waals surface area contributed by atoms with E-state index in [9.17, 15) is 19.2 Å². The van der Waals surface area contributed by atoms with E-state index in [1.165, 1.54) is 19.3 Å². The average molecular weight is 662 g/mol. The quantitative estimate of drug-likeness (QED) is 0.218. The van der Waals surface area contributed by atoms with Crippen molar-refractivity contribution in [1.29, 1.82) is 0 Å². The largest absolute Gasteiger partial charge is 0.345 e. The minimum atomic E-state index is -0.112. The van der Waals surface area contributed by atoms with Gasteiger partial charge in [-0.1, -0.05) is 102 Å². The Hall–Kier alpha value is -4.14. The molecule has 1 aliphatic heterocycles. The number of hydrogen-bond acceptors (Lipinski definition) is 4. The number of amides is 3. The average Bonchev–Trinajstić information content (AvgIpc) is 3.87. The molecule has 264 valence electrons. The molecule has 0 radical (unpaired) electrons. The maximum Gasteiger partial charge on any atom is 0.326 e. The van der Waals surface area contributed by atoms with Crippen LogP contribution in [0.2, 0.25) is 0 Å².